The molecule has 1 aromatic carbocycles. The lowest BCUT2D eigenvalue weighted by Crippen LogP contribution is -1.98. The first-order valence-electron chi connectivity index (χ1n) is 5.31. The Kier molecular flexibility index (Phi) is 3.64. The van der Waals surface area contributed by atoms with E-state index in [0.717, 1.165) is 0 Å². The maximum atomic E-state index is 13.3. The molecule has 0 unspecified atom stereocenters. The van der Waals surface area contributed by atoms with Crippen molar-refractivity contribution in [3.05, 3.63) is 47.3 Å². The third-order valence-corrected chi connectivity index (χ3v) is 2.41. The fourth-order valence-corrected chi connectivity index (χ4v) is 1.42. The predicted octanol–water partition coefficient (Wildman–Crippen LogP) is 4.07. The fourth-order valence-electron chi connectivity index (χ4n) is 1.42. The van der Waals surface area contributed by atoms with E-state index in [0.29, 0.717) is 5.56 Å². The van der Waals surface area contributed by atoms with Gasteiger partial charge in [0.2, 0.25) is 11.6 Å². The fraction of sp³-hybridized carbons (Fsp3) is 0.0833. The van der Waals surface area contributed by atoms with Gasteiger partial charge in [-0.25, -0.2) is 0 Å². The summed E-state index contributed by atoms with van der Waals surface area (Å²) in [4.78, 5) is 2.40. The molecular formula is C12H7F4N3O. The number of rotatable bonds is 2. The van der Waals surface area contributed by atoms with Crippen LogP contribution in [-0.4, -0.2) is 10.1 Å². The Bertz CT molecular complexity index is 677. The van der Waals surface area contributed by atoms with Crippen LogP contribution in [0.2, 0.25) is 0 Å². The van der Waals surface area contributed by atoms with E-state index in [1.165, 1.54) is 18.2 Å². The summed E-state index contributed by atoms with van der Waals surface area (Å²) in [5, 5.41) is 15.8. The molecule has 20 heavy (non-hydrogen) atoms. The summed E-state index contributed by atoms with van der Waals surface area (Å²) in [6.07, 6.45) is 0. The van der Waals surface area contributed by atoms with Crippen LogP contribution < -0.4 is 0 Å². The lowest BCUT2D eigenvalue weighted by atomic mass is 10.2. The third-order valence-electron chi connectivity index (χ3n) is 2.41. The number of pyridine rings is 1. The second kappa shape index (κ2) is 5.24. The van der Waals surface area contributed by atoms with Crippen molar-refractivity contribution in [2.45, 2.75) is 6.92 Å². The summed E-state index contributed by atoms with van der Waals surface area (Å²) in [6.45, 7) is 1.56. The van der Waals surface area contributed by atoms with Gasteiger partial charge in [-0.1, -0.05) is 0 Å². The van der Waals surface area contributed by atoms with Crippen molar-refractivity contribution < 1.29 is 22.7 Å². The molecule has 2 rings (SSSR count). The van der Waals surface area contributed by atoms with Crippen molar-refractivity contribution in [2.75, 3.05) is 0 Å². The van der Waals surface area contributed by atoms with E-state index in [1.54, 1.807) is 6.92 Å². The van der Waals surface area contributed by atoms with Crippen LogP contribution in [-0.2, 0) is 0 Å². The normalized spacial score (nSPS) is 11.2. The quantitative estimate of drug-likeness (QED) is 0.513. The molecule has 2 aromatic rings. The lowest BCUT2D eigenvalue weighted by molar-refractivity contribution is 0.409. The summed E-state index contributed by atoms with van der Waals surface area (Å²) >= 11 is 0. The molecule has 4 nitrogen and oxygen atoms in total. The second-order valence-electron chi connectivity index (χ2n) is 3.84. The monoisotopic (exact) mass is 285 g/mol. The average Bonchev–Trinajstić information content (AvgIpc) is 2.38. The smallest absolute Gasteiger partial charge is 0.254 e. The summed E-state index contributed by atoms with van der Waals surface area (Å²) in [5.41, 5.74) is -0.564. The molecule has 0 amide bonds. The average molecular weight is 285 g/mol. The van der Waals surface area contributed by atoms with Gasteiger partial charge in [0.15, 0.2) is 5.69 Å². The second-order valence-corrected chi connectivity index (χ2v) is 3.84. The first-order chi connectivity index (χ1) is 9.40. The Hall–Kier alpha value is -2.51. The highest BCUT2D eigenvalue weighted by molar-refractivity contribution is 5.49. The highest BCUT2D eigenvalue weighted by Crippen LogP contribution is 2.29. The van der Waals surface area contributed by atoms with Crippen LogP contribution in [0, 0.1) is 30.5 Å². The molecule has 1 N–H and O–H groups in total. The lowest BCUT2D eigenvalue weighted by Gasteiger charge is -2.01. The summed E-state index contributed by atoms with van der Waals surface area (Å²) < 4.78 is 52.2. The van der Waals surface area contributed by atoms with E-state index in [9.17, 15) is 22.7 Å². The molecule has 0 aliphatic carbocycles. The molecule has 0 saturated heterocycles. The van der Waals surface area contributed by atoms with Crippen LogP contribution in [0.15, 0.2) is 28.4 Å². The molecule has 1 heterocycles. The Labute approximate surface area is 110 Å². The van der Waals surface area contributed by atoms with Crippen LogP contribution in [0.3, 0.4) is 0 Å². The van der Waals surface area contributed by atoms with Gasteiger partial charge >= 0.3 is 0 Å². The topological polar surface area (TPSA) is 57.8 Å². The number of hydrogen-bond acceptors (Lipinski definition) is 4. The number of benzene rings is 1. The third kappa shape index (κ3) is 2.58. The molecular weight excluding hydrogens is 278 g/mol. The van der Waals surface area contributed by atoms with Crippen molar-refractivity contribution in [2.24, 2.45) is 10.2 Å². The van der Waals surface area contributed by atoms with E-state index < -0.39 is 29.2 Å². The molecule has 0 fully saturated rings. The van der Waals surface area contributed by atoms with Crippen molar-refractivity contribution in [3.63, 3.8) is 0 Å². The first kappa shape index (κ1) is 13.9. The Balaban J connectivity index is 2.46. The number of halogens is 4. The number of aryl methyl sites for hydroxylation is 1. The highest BCUT2D eigenvalue weighted by Gasteiger charge is 2.20. The van der Waals surface area contributed by atoms with E-state index in [-0.39, 0.29) is 11.4 Å². The number of nitrogens with zero attached hydrogens (tertiary/aromatic N) is 3. The molecule has 0 radical (unpaired) electrons. The minimum Gasteiger partial charge on any atom is -0.508 e. The highest BCUT2D eigenvalue weighted by atomic mass is 19.2. The van der Waals surface area contributed by atoms with Gasteiger partial charge in [0.1, 0.15) is 5.75 Å². The van der Waals surface area contributed by atoms with Crippen LogP contribution in [0.4, 0.5) is 28.9 Å². The van der Waals surface area contributed by atoms with Crippen molar-refractivity contribution in [1.82, 2.24) is 4.98 Å². The van der Waals surface area contributed by atoms with Gasteiger partial charge in [-0.2, -0.15) is 27.7 Å². The van der Waals surface area contributed by atoms with Gasteiger partial charge in [-0.15, -0.1) is 5.11 Å². The zero-order valence-corrected chi connectivity index (χ0v) is 10.0. The Morgan fingerprint density at radius 2 is 1.60 bits per heavy atom. The summed E-state index contributed by atoms with van der Waals surface area (Å²) in [5.74, 6) is -7.10. The maximum Gasteiger partial charge on any atom is 0.254 e. The van der Waals surface area contributed by atoms with Gasteiger partial charge < -0.3 is 5.11 Å². The molecule has 8 heteroatoms. The Morgan fingerprint density at radius 1 is 1.00 bits per heavy atom. The van der Waals surface area contributed by atoms with E-state index in [4.69, 9.17) is 0 Å². The number of hydrogen-bond donors (Lipinski definition) is 1. The van der Waals surface area contributed by atoms with Gasteiger partial charge in [0.25, 0.3) is 11.9 Å². The van der Waals surface area contributed by atoms with Crippen LogP contribution in [0.25, 0.3) is 0 Å². The SMILES string of the molecule is Cc1cc(O)ccc1N=Nc1c(F)c(F)nc(F)c1F. The number of phenols is 1. The minimum atomic E-state index is -1.81. The number of azo groups is 1. The standard InChI is InChI=1S/C12H7F4N3O/c1-5-4-6(20)2-3-7(5)18-19-10-8(13)11(15)17-12(16)9(10)14/h2-4,20H,1H3. The zero-order valence-electron chi connectivity index (χ0n) is 10.0. The molecule has 104 valence electrons. The maximum absolute atomic E-state index is 13.3. The van der Waals surface area contributed by atoms with E-state index in [2.05, 4.69) is 15.2 Å². The van der Waals surface area contributed by atoms with Crippen LogP contribution in [0.5, 0.6) is 5.75 Å². The van der Waals surface area contributed by atoms with Crippen molar-refractivity contribution in [3.8, 4) is 5.75 Å². The van der Waals surface area contributed by atoms with Crippen LogP contribution in [0.1, 0.15) is 5.56 Å². The van der Waals surface area contributed by atoms with Crippen molar-refractivity contribution >= 4 is 11.4 Å². The number of aromatic nitrogens is 1. The van der Waals surface area contributed by atoms with Gasteiger partial charge in [-0.05, 0) is 30.7 Å². The van der Waals surface area contributed by atoms with E-state index >= 15 is 0 Å². The van der Waals surface area contributed by atoms with Gasteiger partial charge in [0, 0.05) is 0 Å². The Morgan fingerprint density at radius 3 is 2.15 bits per heavy atom. The molecule has 0 atom stereocenters. The number of phenolic OH excluding ortho intramolecular Hbond substituents is 1. The molecule has 0 aliphatic rings. The molecule has 0 bridgehead atoms. The first-order valence-corrected chi connectivity index (χ1v) is 5.31. The van der Waals surface area contributed by atoms with Crippen LogP contribution >= 0.6 is 0 Å². The largest absolute Gasteiger partial charge is 0.508 e. The van der Waals surface area contributed by atoms with E-state index in [1.807, 2.05) is 0 Å². The number of aromatic hydroxyl groups is 1. The molecule has 0 saturated carbocycles. The minimum absolute atomic E-state index is 0.0280. The zero-order chi connectivity index (χ0) is 14.9. The summed E-state index contributed by atoms with van der Waals surface area (Å²) in [6, 6.07) is 3.95. The molecule has 1 aromatic heterocycles. The summed E-state index contributed by atoms with van der Waals surface area (Å²) in [7, 11) is 0. The molecule has 0 spiro atoms. The van der Waals surface area contributed by atoms with Gasteiger partial charge in [0.05, 0.1) is 5.69 Å². The predicted molar refractivity (Wildman–Crippen MR) is 61.1 cm³/mol. The molecule has 0 aliphatic heterocycles. The van der Waals surface area contributed by atoms with Crippen molar-refractivity contribution in [1.29, 1.82) is 0 Å². The van der Waals surface area contributed by atoms with Gasteiger partial charge in [-0.3, -0.25) is 0 Å².